The van der Waals surface area contributed by atoms with Crippen LogP contribution < -0.4 is 9.64 Å². The average molecular weight is 499 g/mol. The van der Waals surface area contributed by atoms with Crippen molar-refractivity contribution in [3.63, 3.8) is 0 Å². The van der Waals surface area contributed by atoms with Gasteiger partial charge in [-0.3, -0.25) is 19.5 Å². The van der Waals surface area contributed by atoms with Crippen LogP contribution in [-0.2, 0) is 16.0 Å². The van der Waals surface area contributed by atoms with Gasteiger partial charge < -0.3 is 9.84 Å². The lowest BCUT2D eigenvalue weighted by Crippen LogP contribution is -2.29. The predicted octanol–water partition coefficient (Wildman–Crippen LogP) is 6.49. The van der Waals surface area contributed by atoms with Crippen LogP contribution in [0.4, 0.5) is 5.69 Å². The summed E-state index contributed by atoms with van der Waals surface area (Å²) >= 11 is 0. The van der Waals surface area contributed by atoms with E-state index in [1.54, 1.807) is 25.4 Å². The van der Waals surface area contributed by atoms with E-state index in [9.17, 15) is 14.7 Å². The minimum Gasteiger partial charge on any atom is -0.507 e. The van der Waals surface area contributed by atoms with Gasteiger partial charge in [0.1, 0.15) is 17.6 Å². The molecule has 1 fully saturated rings. The van der Waals surface area contributed by atoms with Crippen molar-refractivity contribution in [2.24, 2.45) is 0 Å². The van der Waals surface area contributed by atoms with E-state index in [-0.39, 0.29) is 17.3 Å². The molecule has 3 aromatic rings. The molecule has 0 radical (unpaired) electrons. The van der Waals surface area contributed by atoms with Gasteiger partial charge in [0, 0.05) is 17.4 Å². The monoisotopic (exact) mass is 498 g/mol. The summed E-state index contributed by atoms with van der Waals surface area (Å²) in [5.41, 5.74) is 4.44. The third-order valence-electron chi connectivity index (χ3n) is 6.90. The smallest absolute Gasteiger partial charge is 0.300 e. The molecule has 192 valence electrons. The summed E-state index contributed by atoms with van der Waals surface area (Å²) in [4.78, 5) is 32.8. The number of Topliss-reactive ketones (excluding diaryl/α,β-unsaturated/α-hetero) is 1. The van der Waals surface area contributed by atoms with E-state index in [0.717, 1.165) is 30.4 Å². The molecule has 2 aromatic carbocycles. The van der Waals surface area contributed by atoms with Crippen molar-refractivity contribution in [3.8, 4) is 5.75 Å². The maximum Gasteiger partial charge on any atom is 0.300 e. The summed E-state index contributed by atoms with van der Waals surface area (Å²) in [6.07, 6.45) is 4.75. The van der Waals surface area contributed by atoms with Gasteiger partial charge >= 0.3 is 0 Å². The van der Waals surface area contributed by atoms with E-state index in [4.69, 9.17) is 4.74 Å². The van der Waals surface area contributed by atoms with Crippen LogP contribution in [0.3, 0.4) is 0 Å². The number of aromatic nitrogens is 1. The fourth-order valence-corrected chi connectivity index (χ4v) is 4.85. The van der Waals surface area contributed by atoms with Crippen molar-refractivity contribution in [2.75, 3.05) is 12.0 Å². The second-order valence-electron chi connectivity index (χ2n) is 9.76. The number of hydrogen-bond acceptors (Lipinski definition) is 5. The average Bonchev–Trinajstić information content (AvgIpc) is 3.17. The number of amides is 1. The van der Waals surface area contributed by atoms with Gasteiger partial charge in [0.25, 0.3) is 11.7 Å². The first-order valence-electron chi connectivity index (χ1n) is 12.8. The zero-order valence-electron chi connectivity index (χ0n) is 22.1. The van der Waals surface area contributed by atoms with Gasteiger partial charge in [-0.2, -0.15) is 0 Å². The summed E-state index contributed by atoms with van der Waals surface area (Å²) in [6.45, 7) is 8.07. The molecule has 1 aliphatic rings. The Kier molecular flexibility index (Phi) is 7.77. The summed E-state index contributed by atoms with van der Waals surface area (Å²) in [5.74, 6) is -0.785. The van der Waals surface area contributed by atoms with Crippen LogP contribution >= 0.6 is 0 Å². The SMILES string of the molecule is CCCCc1ccc(N2C(=O)C(=O)/C(=C(/O)c3cc(C(C)C)c(OC)cc3C)C2c2ccccn2)cc1. The molecule has 1 N–H and O–H groups in total. The fraction of sp³-hybridized carbons (Fsp3) is 0.323. The number of carbonyl (C=O) groups is 2. The van der Waals surface area contributed by atoms with Crippen LogP contribution in [-0.4, -0.2) is 28.9 Å². The zero-order valence-corrected chi connectivity index (χ0v) is 22.1. The minimum atomic E-state index is -0.855. The van der Waals surface area contributed by atoms with Gasteiger partial charge in [0.05, 0.1) is 18.4 Å². The number of unbranched alkanes of at least 4 members (excludes halogenated alkanes) is 1. The summed E-state index contributed by atoms with van der Waals surface area (Å²) in [7, 11) is 1.61. The second-order valence-corrected chi connectivity index (χ2v) is 9.76. The molecule has 4 rings (SSSR count). The number of benzene rings is 2. The Hall–Kier alpha value is -3.93. The lowest BCUT2D eigenvalue weighted by Gasteiger charge is -2.25. The van der Waals surface area contributed by atoms with Crippen LogP contribution in [0, 0.1) is 6.92 Å². The second kappa shape index (κ2) is 11.0. The Morgan fingerprint density at radius 2 is 1.84 bits per heavy atom. The van der Waals surface area contributed by atoms with Gasteiger partial charge in [-0.25, -0.2) is 0 Å². The molecule has 1 aliphatic heterocycles. The topological polar surface area (TPSA) is 79.7 Å². The molecule has 2 heterocycles. The largest absolute Gasteiger partial charge is 0.507 e. The molecule has 1 atom stereocenters. The standard InChI is InChI=1S/C31H34N2O4/c1-6-7-10-21-12-14-22(15-13-21)33-28(25-11-8-9-16-32-25)27(30(35)31(33)36)29(34)24-18-23(19(2)3)26(37-5)17-20(24)4/h8-9,11-19,28,34H,6-7,10H2,1-5H3/b29-27+. The molecule has 0 saturated carbocycles. The molecule has 1 aromatic heterocycles. The number of ether oxygens (including phenoxy) is 1. The van der Waals surface area contributed by atoms with Gasteiger partial charge in [0.2, 0.25) is 0 Å². The molecular weight excluding hydrogens is 464 g/mol. The first-order chi connectivity index (χ1) is 17.8. The van der Waals surface area contributed by atoms with Crippen molar-refractivity contribution in [1.29, 1.82) is 0 Å². The molecule has 0 aliphatic carbocycles. The van der Waals surface area contributed by atoms with Crippen molar-refractivity contribution < 1.29 is 19.4 Å². The van der Waals surface area contributed by atoms with E-state index < -0.39 is 17.7 Å². The Morgan fingerprint density at radius 1 is 1.11 bits per heavy atom. The third-order valence-corrected chi connectivity index (χ3v) is 6.90. The molecule has 0 bridgehead atoms. The van der Waals surface area contributed by atoms with Crippen LogP contribution in [0.25, 0.3) is 5.76 Å². The van der Waals surface area contributed by atoms with E-state index in [1.807, 2.05) is 63.2 Å². The fourth-order valence-electron chi connectivity index (χ4n) is 4.85. The lowest BCUT2D eigenvalue weighted by atomic mass is 9.92. The molecular formula is C31H34N2O4. The highest BCUT2D eigenvalue weighted by Gasteiger charge is 2.47. The molecule has 0 spiro atoms. The quantitative estimate of drug-likeness (QED) is 0.218. The maximum absolute atomic E-state index is 13.5. The number of anilines is 1. The molecule has 6 heteroatoms. The number of nitrogens with zero attached hydrogens (tertiary/aromatic N) is 2. The molecule has 1 unspecified atom stereocenters. The van der Waals surface area contributed by atoms with Crippen LogP contribution in [0.15, 0.2) is 66.4 Å². The Morgan fingerprint density at radius 3 is 2.43 bits per heavy atom. The van der Waals surface area contributed by atoms with Gasteiger partial charge in [0.15, 0.2) is 0 Å². The number of ketones is 1. The maximum atomic E-state index is 13.5. The van der Waals surface area contributed by atoms with Crippen molar-refractivity contribution in [2.45, 2.75) is 58.9 Å². The van der Waals surface area contributed by atoms with Crippen molar-refractivity contribution >= 4 is 23.1 Å². The lowest BCUT2D eigenvalue weighted by molar-refractivity contribution is -0.132. The minimum absolute atomic E-state index is 0.0294. The van der Waals surface area contributed by atoms with Gasteiger partial charge in [-0.05, 0) is 78.8 Å². The number of aliphatic hydroxyl groups is 1. The predicted molar refractivity (Wildman–Crippen MR) is 146 cm³/mol. The van der Waals surface area contributed by atoms with Crippen LogP contribution in [0.1, 0.15) is 73.5 Å². The number of aryl methyl sites for hydroxylation is 2. The van der Waals surface area contributed by atoms with E-state index in [0.29, 0.717) is 22.7 Å². The Labute approximate surface area is 218 Å². The molecule has 1 saturated heterocycles. The van der Waals surface area contributed by atoms with Gasteiger partial charge in [-0.1, -0.05) is 45.4 Å². The summed E-state index contributed by atoms with van der Waals surface area (Å²) in [5, 5.41) is 11.6. The van der Waals surface area contributed by atoms with Crippen LogP contribution in [0.5, 0.6) is 5.75 Å². The summed E-state index contributed by atoms with van der Waals surface area (Å²) < 4.78 is 5.55. The highest BCUT2D eigenvalue weighted by molar-refractivity contribution is 6.51. The van der Waals surface area contributed by atoms with E-state index >= 15 is 0 Å². The van der Waals surface area contributed by atoms with Crippen molar-refractivity contribution in [3.05, 3.63) is 94.3 Å². The van der Waals surface area contributed by atoms with E-state index in [1.165, 1.54) is 10.5 Å². The first-order valence-corrected chi connectivity index (χ1v) is 12.8. The number of methoxy groups -OCH3 is 1. The number of rotatable bonds is 8. The number of aliphatic hydroxyl groups excluding tert-OH is 1. The number of pyridine rings is 1. The highest BCUT2D eigenvalue weighted by atomic mass is 16.5. The summed E-state index contributed by atoms with van der Waals surface area (Å²) in [6, 6.07) is 15.9. The number of carbonyl (C=O) groups excluding carboxylic acids is 2. The van der Waals surface area contributed by atoms with Crippen LogP contribution in [0.2, 0.25) is 0 Å². The number of hydrogen-bond donors (Lipinski definition) is 1. The first kappa shape index (κ1) is 26.1. The van der Waals surface area contributed by atoms with Gasteiger partial charge in [-0.15, -0.1) is 0 Å². The third kappa shape index (κ3) is 5.01. The van der Waals surface area contributed by atoms with Crippen molar-refractivity contribution in [1.82, 2.24) is 4.98 Å². The highest BCUT2D eigenvalue weighted by Crippen LogP contribution is 2.43. The molecule has 37 heavy (non-hydrogen) atoms. The zero-order chi connectivity index (χ0) is 26.7. The Bertz CT molecular complexity index is 1330. The molecule has 1 amide bonds. The molecule has 6 nitrogen and oxygen atoms in total. The van der Waals surface area contributed by atoms with E-state index in [2.05, 4.69) is 11.9 Å². The Balaban J connectivity index is 1.89. The normalized spacial score (nSPS) is 17.0.